The first-order chi connectivity index (χ1) is 4.20. The molecule has 0 unspecified atom stereocenters. The summed E-state index contributed by atoms with van der Waals surface area (Å²) in [5.74, 6) is 0.0278. The summed E-state index contributed by atoms with van der Waals surface area (Å²) in [5.41, 5.74) is 0. The molecule has 0 aliphatic rings. The average molecular weight is 253 g/mol. The smallest absolute Gasteiger partial charge is 0.0416 e. The van der Waals surface area contributed by atoms with E-state index >= 15 is 0 Å². The summed E-state index contributed by atoms with van der Waals surface area (Å²) < 4.78 is 0.667. The lowest BCUT2D eigenvalue weighted by atomic mass is 10.3. The van der Waals surface area contributed by atoms with E-state index in [1.54, 1.807) is 12.1 Å². The van der Waals surface area contributed by atoms with E-state index in [0.29, 0.717) is 8.59 Å². The molecule has 0 fully saturated rings. The predicted molar refractivity (Wildman–Crippen MR) is 43.6 cm³/mol. The second-order valence-corrected chi connectivity index (χ2v) is 3.17. The lowest BCUT2D eigenvalue weighted by Gasteiger charge is -2.06. The van der Waals surface area contributed by atoms with Crippen LogP contribution in [-0.2, 0) is 0 Å². The molecule has 1 rings (SSSR count). The van der Waals surface area contributed by atoms with Crippen LogP contribution in [0.1, 0.15) is 0 Å². The topological polar surface area (TPSA) is 23.1 Å². The molecule has 0 saturated heterocycles. The van der Waals surface area contributed by atoms with Gasteiger partial charge in [-0.3, -0.25) is 0 Å². The molecule has 48 valence electrons. The summed E-state index contributed by atoms with van der Waals surface area (Å²) in [7, 11) is 0. The summed E-state index contributed by atoms with van der Waals surface area (Å²) in [6.45, 7) is 0. The van der Waals surface area contributed by atoms with Crippen molar-refractivity contribution >= 4 is 34.2 Å². The minimum Gasteiger partial charge on any atom is -0.872 e. The molecule has 0 saturated carbocycles. The zero-order chi connectivity index (χ0) is 6.85. The molecule has 1 aromatic carbocycles. The average Bonchev–Trinajstić information content (AvgIpc) is 1.80. The zero-order valence-electron chi connectivity index (χ0n) is 4.40. The Morgan fingerprint density at radius 3 is 2.56 bits per heavy atom. The fourth-order valence-electron chi connectivity index (χ4n) is 0.475. The first-order valence-electron chi connectivity index (χ1n) is 2.32. The molecule has 1 aromatic rings. The fourth-order valence-corrected chi connectivity index (χ4v) is 1.35. The van der Waals surface area contributed by atoms with Gasteiger partial charge in [-0.15, -0.1) is 0 Å². The van der Waals surface area contributed by atoms with E-state index in [9.17, 15) is 5.11 Å². The van der Waals surface area contributed by atoms with Crippen LogP contribution in [0.4, 0.5) is 0 Å². The quantitative estimate of drug-likeness (QED) is 0.649. The van der Waals surface area contributed by atoms with Crippen molar-refractivity contribution in [2.75, 3.05) is 0 Å². The minimum absolute atomic E-state index is 0.0278. The molecule has 0 amide bonds. The van der Waals surface area contributed by atoms with E-state index in [2.05, 4.69) is 0 Å². The molecular formula is C6H3ClIO-. The summed E-state index contributed by atoms with van der Waals surface area (Å²) in [6.07, 6.45) is 0. The SMILES string of the molecule is [O-]c1ccc(Cl)cc1I. The Morgan fingerprint density at radius 1 is 1.44 bits per heavy atom. The van der Waals surface area contributed by atoms with E-state index in [-0.39, 0.29) is 5.75 Å². The standard InChI is InChI=1S/C6H4ClIO/c7-4-1-2-6(9)5(8)3-4/h1-3,9H/p-1. The number of rotatable bonds is 0. The van der Waals surface area contributed by atoms with Crippen molar-refractivity contribution < 1.29 is 5.11 Å². The number of hydrogen-bond donors (Lipinski definition) is 0. The molecule has 3 heteroatoms. The summed E-state index contributed by atoms with van der Waals surface area (Å²) in [5, 5.41) is 11.3. The molecule has 0 radical (unpaired) electrons. The Kier molecular flexibility index (Phi) is 2.18. The Labute approximate surface area is 71.8 Å². The van der Waals surface area contributed by atoms with Crippen molar-refractivity contribution in [3.05, 3.63) is 26.8 Å². The highest BCUT2D eigenvalue weighted by Crippen LogP contribution is 2.20. The van der Waals surface area contributed by atoms with Gasteiger partial charge in [-0.25, -0.2) is 0 Å². The van der Waals surface area contributed by atoms with Gasteiger partial charge in [-0.05, 0) is 34.7 Å². The molecule has 0 bridgehead atoms. The maximum atomic E-state index is 10.7. The van der Waals surface area contributed by atoms with Gasteiger partial charge in [0.2, 0.25) is 0 Å². The molecule has 0 spiro atoms. The van der Waals surface area contributed by atoms with Gasteiger partial charge in [0, 0.05) is 8.59 Å². The molecule has 9 heavy (non-hydrogen) atoms. The fraction of sp³-hybridized carbons (Fsp3) is 0. The number of benzene rings is 1. The van der Waals surface area contributed by atoms with Gasteiger partial charge in [0.1, 0.15) is 0 Å². The molecular weight excluding hydrogens is 250 g/mol. The van der Waals surface area contributed by atoms with E-state index in [1.165, 1.54) is 6.07 Å². The highest BCUT2D eigenvalue weighted by Gasteiger charge is 1.88. The van der Waals surface area contributed by atoms with Crippen LogP contribution in [0.25, 0.3) is 0 Å². The van der Waals surface area contributed by atoms with Gasteiger partial charge in [0.15, 0.2) is 0 Å². The van der Waals surface area contributed by atoms with Gasteiger partial charge < -0.3 is 5.11 Å². The van der Waals surface area contributed by atoms with E-state index in [4.69, 9.17) is 11.6 Å². The Balaban J connectivity index is 3.17. The molecule has 1 nitrogen and oxygen atoms in total. The third-order valence-corrected chi connectivity index (χ3v) is 1.97. The highest BCUT2D eigenvalue weighted by atomic mass is 127. The van der Waals surface area contributed by atoms with Crippen LogP contribution in [0.3, 0.4) is 0 Å². The molecule has 0 aliphatic carbocycles. The lowest BCUT2D eigenvalue weighted by molar-refractivity contribution is -0.269. The first kappa shape index (κ1) is 7.15. The maximum absolute atomic E-state index is 10.7. The number of halogens is 2. The first-order valence-corrected chi connectivity index (χ1v) is 3.78. The van der Waals surface area contributed by atoms with Crippen LogP contribution >= 0.6 is 34.2 Å². The molecule has 0 aliphatic heterocycles. The second-order valence-electron chi connectivity index (χ2n) is 1.57. The summed E-state index contributed by atoms with van der Waals surface area (Å²) in [4.78, 5) is 0. The molecule has 0 aromatic heterocycles. The van der Waals surface area contributed by atoms with Crippen molar-refractivity contribution in [1.29, 1.82) is 0 Å². The van der Waals surface area contributed by atoms with Crippen LogP contribution in [-0.4, -0.2) is 0 Å². The van der Waals surface area contributed by atoms with Crippen molar-refractivity contribution in [3.63, 3.8) is 0 Å². The van der Waals surface area contributed by atoms with E-state index < -0.39 is 0 Å². The van der Waals surface area contributed by atoms with Crippen molar-refractivity contribution in [3.8, 4) is 5.75 Å². The van der Waals surface area contributed by atoms with E-state index in [1.807, 2.05) is 22.6 Å². The summed E-state index contributed by atoms with van der Waals surface area (Å²) in [6, 6.07) is 4.70. The largest absolute Gasteiger partial charge is 0.872 e. The van der Waals surface area contributed by atoms with E-state index in [0.717, 1.165) is 0 Å². The van der Waals surface area contributed by atoms with Crippen LogP contribution in [0, 0.1) is 3.57 Å². The van der Waals surface area contributed by atoms with Gasteiger partial charge in [0.25, 0.3) is 0 Å². The Morgan fingerprint density at radius 2 is 2.11 bits per heavy atom. The van der Waals surface area contributed by atoms with Crippen molar-refractivity contribution in [2.24, 2.45) is 0 Å². The monoisotopic (exact) mass is 253 g/mol. The molecule has 0 N–H and O–H groups in total. The Bertz CT molecular complexity index is 224. The van der Waals surface area contributed by atoms with Gasteiger partial charge in [-0.1, -0.05) is 23.4 Å². The molecule has 0 heterocycles. The third-order valence-electron chi connectivity index (χ3n) is 0.894. The number of hydrogen-bond acceptors (Lipinski definition) is 1. The Hall–Kier alpha value is 0.0400. The maximum Gasteiger partial charge on any atom is 0.0416 e. The van der Waals surface area contributed by atoms with Crippen molar-refractivity contribution in [2.45, 2.75) is 0 Å². The van der Waals surface area contributed by atoms with Gasteiger partial charge in [-0.2, -0.15) is 0 Å². The zero-order valence-corrected chi connectivity index (χ0v) is 7.31. The lowest BCUT2D eigenvalue weighted by Crippen LogP contribution is -1.91. The minimum atomic E-state index is 0.0278. The highest BCUT2D eigenvalue weighted by molar-refractivity contribution is 14.1. The second kappa shape index (κ2) is 2.75. The van der Waals surface area contributed by atoms with Gasteiger partial charge in [0.05, 0.1) is 0 Å². The molecule has 0 atom stereocenters. The van der Waals surface area contributed by atoms with Crippen LogP contribution in [0.5, 0.6) is 5.75 Å². The van der Waals surface area contributed by atoms with Crippen molar-refractivity contribution in [1.82, 2.24) is 0 Å². The normalized spacial score (nSPS) is 9.56. The predicted octanol–water partition coefficient (Wildman–Crippen LogP) is 2.02. The third kappa shape index (κ3) is 1.72. The summed E-state index contributed by atoms with van der Waals surface area (Å²) >= 11 is 7.53. The van der Waals surface area contributed by atoms with Crippen LogP contribution in [0.15, 0.2) is 18.2 Å². The van der Waals surface area contributed by atoms with Crippen LogP contribution in [0.2, 0.25) is 5.02 Å². The van der Waals surface area contributed by atoms with Gasteiger partial charge >= 0.3 is 0 Å². The van der Waals surface area contributed by atoms with Crippen LogP contribution < -0.4 is 5.11 Å².